The smallest absolute Gasteiger partial charge is 0.243 e. The first-order valence-corrected chi connectivity index (χ1v) is 13.0. The van der Waals surface area contributed by atoms with Crippen LogP contribution < -0.4 is 9.64 Å². The van der Waals surface area contributed by atoms with Crippen molar-refractivity contribution in [1.29, 1.82) is 0 Å². The molecule has 0 unspecified atom stereocenters. The van der Waals surface area contributed by atoms with Crippen molar-refractivity contribution in [2.24, 2.45) is 5.92 Å². The molecule has 0 aromatic heterocycles. The standard InChI is InChI=1S/C27H30N2O4S/c1-33-25-12-14-26(15-13-25)34(31,32)28-19-17-23(18-20-28)27(30)29(24-10-6-3-7-11-24)21-16-22-8-4-2-5-9-22/h2-15,23H,16-21H2,1H3. The number of hydrogen-bond donors (Lipinski definition) is 0. The van der Waals surface area contributed by atoms with Gasteiger partial charge in [0.25, 0.3) is 0 Å². The number of sulfonamides is 1. The van der Waals surface area contributed by atoms with Crippen LogP contribution in [0.15, 0.2) is 89.8 Å². The largest absolute Gasteiger partial charge is 0.497 e. The number of nitrogens with zero attached hydrogens (tertiary/aromatic N) is 2. The summed E-state index contributed by atoms with van der Waals surface area (Å²) in [6, 6.07) is 26.2. The number of para-hydroxylation sites is 1. The minimum atomic E-state index is -3.60. The van der Waals surface area contributed by atoms with E-state index in [0.717, 1.165) is 12.1 Å². The van der Waals surface area contributed by atoms with E-state index in [1.807, 2.05) is 53.4 Å². The van der Waals surface area contributed by atoms with Crippen molar-refractivity contribution in [3.8, 4) is 5.75 Å². The number of carbonyl (C=O) groups excluding carboxylic acids is 1. The SMILES string of the molecule is COc1ccc(S(=O)(=O)N2CCC(C(=O)N(CCc3ccccc3)c3ccccc3)CC2)cc1. The Labute approximate surface area is 201 Å². The molecule has 0 bridgehead atoms. The van der Waals surface area contributed by atoms with Crippen LogP contribution in [0, 0.1) is 5.92 Å². The van der Waals surface area contributed by atoms with Gasteiger partial charge in [0.05, 0.1) is 12.0 Å². The fraction of sp³-hybridized carbons (Fsp3) is 0.296. The Morgan fingerprint density at radius 3 is 2.09 bits per heavy atom. The number of benzene rings is 3. The molecule has 0 radical (unpaired) electrons. The lowest BCUT2D eigenvalue weighted by molar-refractivity contribution is -0.123. The first kappa shape index (κ1) is 24.0. The van der Waals surface area contributed by atoms with E-state index in [1.54, 1.807) is 31.4 Å². The van der Waals surface area contributed by atoms with Gasteiger partial charge in [-0.05, 0) is 61.2 Å². The highest BCUT2D eigenvalue weighted by molar-refractivity contribution is 7.89. The lowest BCUT2D eigenvalue weighted by Crippen LogP contribution is -2.45. The van der Waals surface area contributed by atoms with Crippen molar-refractivity contribution in [1.82, 2.24) is 4.31 Å². The van der Waals surface area contributed by atoms with E-state index in [1.165, 1.54) is 9.87 Å². The van der Waals surface area contributed by atoms with Crippen molar-refractivity contribution in [3.63, 3.8) is 0 Å². The fourth-order valence-electron chi connectivity index (χ4n) is 4.32. The molecular formula is C27H30N2O4S. The van der Waals surface area contributed by atoms with Gasteiger partial charge in [0, 0.05) is 31.2 Å². The van der Waals surface area contributed by atoms with E-state index in [2.05, 4.69) is 12.1 Å². The Hall–Kier alpha value is -3.16. The number of anilines is 1. The van der Waals surface area contributed by atoms with Crippen molar-refractivity contribution in [2.75, 3.05) is 31.6 Å². The molecule has 178 valence electrons. The van der Waals surface area contributed by atoms with Gasteiger partial charge in [-0.15, -0.1) is 0 Å². The maximum Gasteiger partial charge on any atom is 0.243 e. The molecule has 4 rings (SSSR count). The van der Waals surface area contributed by atoms with Gasteiger partial charge in [-0.2, -0.15) is 4.31 Å². The minimum Gasteiger partial charge on any atom is -0.497 e. The topological polar surface area (TPSA) is 66.9 Å². The van der Waals surface area contributed by atoms with Crippen molar-refractivity contribution < 1.29 is 17.9 Å². The average Bonchev–Trinajstić information content (AvgIpc) is 2.90. The molecule has 0 atom stereocenters. The zero-order chi connectivity index (χ0) is 24.0. The van der Waals surface area contributed by atoms with Crippen molar-refractivity contribution in [3.05, 3.63) is 90.5 Å². The number of rotatable bonds is 8. The van der Waals surface area contributed by atoms with Gasteiger partial charge in [-0.3, -0.25) is 4.79 Å². The molecule has 1 amide bonds. The quantitative estimate of drug-likeness (QED) is 0.482. The number of ether oxygens (including phenoxy) is 1. The second kappa shape index (κ2) is 10.8. The number of amides is 1. The summed E-state index contributed by atoms with van der Waals surface area (Å²) in [5, 5.41) is 0. The molecular weight excluding hydrogens is 448 g/mol. The van der Waals surface area contributed by atoms with Crippen LogP contribution in [0.3, 0.4) is 0 Å². The lowest BCUT2D eigenvalue weighted by atomic mass is 9.96. The molecule has 1 saturated heterocycles. The second-order valence-electron chi connectivity index (χ2n) is 8.41. The maximum atomic E-state index is 13.6. The Bertz CT molecular complexity index is 1170. The van der Waals surface area contributed by atoms with E-state index >= 15 is 0 Å². The summed E-state index contributed by atoms with van der Waals surface area (Å²) >= 11 is 0. The van der Waals surface area contributed by atoms with Gasteiger partial charge >= 0.3 is 0 Å². The third-order valence-corrected chi connectivity index (χ3v) is 8.21. The van der Waals surface area contributed by atoms with Gasteiger partial charge < -0.3 is 9.64 Å². The third-order valence-electron chi connectivity index (χ3n) is 6.30. The van der Waals surface area contributed by atoms with Crippen LogP contribution in [0.1, 0.15) is 18.4 Å². The highest BCUT2D eigenvalue weighted by Crippen LogP contribution is 2.28. The first-order chi connectivity index (χ1) is 16.5. The molecule has 0 saturated carbocycles. The Balaban J connectivity index is 1.44. The molecule has 0 aliphatic carbocycles. The van der Waals surface area contributed by atoms with Gasteiger partial charge in [-0.1, -0.05) is 48.5 Å². The fourth-order valence-corrected chi connectivity index (χ4v) is 5.79. The minimum absolute atomic E-state index is 0.0589. The summed E-state index contributed by atoms with van der Waals surface area (Å²) in [6.07, 6.45) is 1.76. The highest BCUT2D eigenvalue weighted by atomic mass is 32.2. The Kier molecular flexibility index (Phi) is 7.65. The summed E-state index contributed by atoms with van der Waals surface area (Å²) in [5.41, 5.74) is 2.05. The summed E-state index contributed by atoms with van der Waals surface area (Å²) in [5.74, 6) is 0.460. The van der Waals surface area contributed by atoms with Gasteiger partial charge in [0.1, 0.15) is 5.75 Å². The molecule has 7 heteroatoms. The van der Waals surface area contributed by atoms with Crippen molar-refractivity contribution >= 4 is 21.6 Å². The normalized spacial score (nSPS) is 15.1. The summed E-state index contributed by atoms with van der Waals surface area (Å²) in [6.45, 7) is 1.23. The molecule has 1 aliphatic rings. The summed E-state index contributed by atoms with van der Waals surface area (Å²) in [7, 11) is -2.06. The van der Waals surface area contributed by atoms with Gasteiger partial charge in [0.15, 0.2) is 0 Å². The van der Waals surface area contributed by atoms with Crippen molar-refractivity contribution in [2.45, 2.75) is 24.2 Å². The molecule has 1 aliphatic heterocycles. The summed E-state index contributed by atoms with van der Waals surface area (Å²) < 4.78 is 32.7. The monoisotopic (exact) mass is 478 g/mol. The van der Waals surface area contributed by atoms with Crippen LogP contribution in [0.2, 0.25) is 0 Å². The lowest BCUT2D eigenvalue weighted by Gasteiger charge is -2.34. The van der Waals surface area contributed by atoms with Crippen LogP contribution >= 0.6 is 0 Å². The van der Waals surface area contributed by atoms with E-state index in [4.69, 9.17) is 4.74 Å². The third kappa shape index (κ3) is 5.48. The van der Waals surface area contributed by atoms with E-state index in [0.29, 0.717) is 38.2 Å². The molecule has 3 aromatic carbocycles. The number of hydrogen-bond acceptors (Lipinski definition) is 4. The van der Waals surface area contributed by atoms with Crippen LogP contribution in [-0.4, -0.2) is 45.4 Å². The molecule has 6 nitrogen and oxygen atoms in total. The first-order valence-electron chi connectivity index (χ1n) is 11.5. The zero-order valence-corrected chi connectivity index (χ0v) is 20.2. The molecule has 3 aromatic rings. The molecule has 1 heterocycles. The molecule has 0 spiro atoms. The highest BCUT2D eigenvalue weighted by Gasteiger charge is 2.34. The van der Waals surface area contributed by atoms with Crippen LogP contribution in [0.25, 0.3) is 0 Å². The van der Waals surface area contributed by atoms with Crippen LogP contribution in [-0.2, 0) is 21.2 Å². The van der Waals surface area contributed by atoms with Gasteiger partial charge in [0.2, 0.25) is 15.9 Å². The Morgan fingerprint density at radius 1 is 0.912 bits per heavy atom. The molecule has 34 heavy (non-hydrogen) atoms. The Morgan fingerprint density at radius 2 is 1.50 bits per heavy atom. The predicted molar refractivity (Wildman–Crippen MR) is 133 cm³/mol. The number of piperidine rings is 1. The number of methoxy groups -OCH3 is 1. The predicted octanol–water partition coefficient (Wildman–Crippen LogP) is 4.37. The zero-order valence-electron chi connectivity index (χ0n) is 19.3. The second-order valence-corrected chi connectivity index (χ2v) is 10.4. The molecule has 0 N–H and O–H groups in total. The van der Waals surface area contributed by atoms with Crippen LogP contribution in [0.5, 0.6) is 5.75 Å². The summed E-state index contributed by atoms with van der Waals surface area (Å²) in [4.78, 5) is 15.7. The number of carbonyl (C=O) groups is 1. The molecule has 1 fully saturated rings. The van der Waals surface area contributed by atoms with E-state index in [9.17, 15) is 13.2 Å². The van der Waals surface area contributed by atoms with Gasteiger partial charge in [-0.25, -0.2) is 8.42 Å². The van der Waals surface area contributed by atoms with E-state index in [-0.39, 0.29) is 16.7 Å². The van der Waals surface area contributed by atoms with Crippen LogP contribution in [0.4, 0.5) is 5.69 Å². The maximum absolute atomic E-state index is 13.6. The van der Waals surface area contributed by atoms with E-state index < -0.39 is 10.0 Å². The average molecular weight is 479 g/mol.